The van der Waals surface area contributed by atoms with E-state index in [-0.39, 0.29) is 23.9 Å². The molecule has 0 unspecified atom stereocenters. The number of fused-ring (bicyclic) bond motifs is 1. The highest BCUT2D eigenvalue weighted by Crippen LogP contribution is 2.32. The van der Waals surface area contributed by atoms with Crippen LogP contribution in [-0.2, 0) is 0 Å². The molecule has 0 aliphatic rings. The van der Waals surface area contributed by atoms with E-state index in [9.17, 15) is 14.7 Å². The summed E-state index contributed by atoms with van der Waals surface area (Å²) in [6.45, 7) is 1.75. The van der Waals surface area contributed by atoms with Crippen molar-refractivity contribution in [2.24, 2.45) is 0 Å². The number of anilines is 3. The number of carboxylic acid groups (broad SMARTS) is 1. The van der Waals surface area contributed by atoms with Crippen LogP contribution in [0.3, 0.4) is 0 Å². The number of imidazole rings is 1. The summed E-state index contributed by atoms with van der Waals surface area (Å²) in [6.07, 6.45) is 5.34. The Morgan fingerprint density at radius 2 is 1.69 bits per heavy atom. The molecule has 11 nitrogen and oxygen atoms in total. The molecule has 1 amide bonds. The van der Waals surface area contributed by atoms with Gasteiger partial charge in [0, 0.05) is 54.3 Å². The van der Waals surface area contributed by atoms with Crippen molar-refractivity contribution in [3.8, 4) is 22.8 Å². The van der Waals surface area contributed by atoms with Gasteiger partial charge in [-0.1, -0.05) is 12.1 Å². The molecule has 218 valence electrons. The minimum Gasteiger partial charge on any atom is -0.493 e. The van der Waals surface area contributed by atoms with Crippen molar-refractivity contribution in [3.05, 3.63) is 95.9 Å². The van der Waals surface area contributed by atoms with Gasteiger partial charge in [-0.2, -0.15) is 0 Å². The van der Waals surface area contributed by atoms with Crippen LogP contribution in [0.1, 0.15) is 26.3 Å². The molecule has 2 heterocycles. The maximum atomic E-state index is 13.1. The third-order valence-electron chi connectivity index (χ3n) is 6.16. The third-order valence-corrected chi connectivity index (χ3v) is 6.16. The lowest BCUT2D eigenvalue weighted by Crippen LogP contribution is -2.13. The van der Waals surface area contributed by atoms with Crippen molar-refractivity contribution < 1.29 is 29.3 Å². The fourth-order valence-corrected chi connectivity index (χ4v) is 4.16. The van der Waals surface area contributed by atoms with Crippen LogP contribution in [0.4, 0.5) is 17.2 Å². The summed E-state index contributed by atoms with van der Waals surface area (Å²) in [7, 11) is 4.15. The Morgan fingerprint density at radius 3 is 2.38 bits per heavy atom. The number of nitrogens with one attached hydrogen (secondary N) is 2. The minimum atomic E-state index is -1.02. The van der Waals surface area contributed by atoms with Crippen molar-refractivity contribution in [2.75, 3.05) is 32.0 Å². The molecular weight excluding hydrogens is 562 g/mol. The maximum Gasteiger partial charge on any atom is 0.335 e. The molecule has 0 atom stereocenters. The molecule has 2 aromatic heterocycles. The molecule has 0 aliphatic heterocycles. The van der Waals surface area contributed by atoms with Gasteiger partial charge in [-0.15, -0.1) is 12.4 Å². The quantitative estimate of drug-likeness (QED) is 0.185. The van der Waals surface area contributed by atoms with E-state index in [4.69, 9.17) is 19.6 Å². The molecule has 0 radical (unpaired) electrons. The molecule has 0 spiro atoms. The number of aliphatic hydroxyl groups excluding tert-OH is 1. The van der Waals surface area contributed by atoms with E-state index in [1.54, 1.807) is 57.7 Å². The van der Waals surface area contributed by atoms with Gasteiger partial charge in [0.1, 0.15) is 0 Å². The van der Waals surface area contributed by atoms with Gasteiger partial charge in [-0.3, -0.25) is 4.79 Å². The number of carboxylic acids is 1. The van der Waals surface area contributed by atoms with Crippen LogP contribution >= 0.6 is 12.4 Å². The number of methoxy groups -OCH3 is 2. The summed E-state index contributed by atoms with van der Waals surface area (Å²) in [5, 5.41) is 22.3. The van der Waals surface area contributed by atoms with Gasteiger partial charge in [0.25, 0.3) is 5.91 Å². The highest BCUT2D eigenvalue weighted by molar-refractivity contribution is 6.05. The average Bonchev–Trinajstić information content (AvgIpc) is 3.48. The van der Waals surface area contributed by atoms with Crippen LogP contribution < -0.4 is 20.1 Å². The molecule has 0 fully saturated rings. The number of nitrogens with zero attached hydrogens (tertiary/aromatic N) is 3. The topological polar surface area (TPSA) is 147 Å². The van der Waals surface area contributed by atoms with Gasteiger partial charge in [-0.05, 0) is 55.0 Å². The number of aliphatic hydroxyl groups is 1. The minimum absolute atomic E-state index is 0. The number of ether oxygens (including phenoxy) is 2. The summed E-state index contributed by atoms with van der Waals surface area (Å²) in [5.74, 6) is 0.360. The summed E-state index contributed by atoms with van der Waals surface area (Å²) in [6, 6.07) is 17.1. The zero-order chi connectivity index (χ0) is 29.5. The van der Waals surface area contributed by atoms with E-state index < -0.39 is 5.97 Å². The molecular formula is C30H30ClN5O6. The van der Waals surface area contributed by atoms with E-state index in [1.165, 1.54) is 12.1 Å². The van der Waals surface area contributed by atoms with Gasteiger partial charge in [0.05, 0.1) is 25.5 Å². The Morgan fingerprint density at radius 1 is 0.929 bits per heavy atom. The van der Waals surface area contributed by atoms with Gasteiger partial charge in [-0.25, -0.2) is 14.8 Å². The van der Waals surface area contributed by atoms with E-state index >= 15 is 0 Å². The van der Waals surface area contributed by atoms with Crippen LogP contribution in [0.25, 0.3) is 16.9 Å². The van der Waals surface area contributed by atoms with E-state index in [0.29, 0.717) is 45.5 Å². The van der Waals surface area contributed by atoms with Crippen LogP contribution in [0.5, 0.6) is 11.5 Å². The third kappa shape index (κ3) is 6.77. The molecule has 42 heavy (non-hydrogen) atoms. The van der Waals surface area contributed by atoms with E-state index in [2.05, 4.69) is 15.6 Å². The van der Waals surface area contributed by atoms with Crippen LogP contribution in [0.2, 0.25) is 0 Å². The zero-order valence-corrected chi connectivity index (χ0v) is 24.1. The molecule has 0 saturated heterocycles. The highest BCUT2D eigenvalue weighted by Gasteiger charge is 2.14. The second-order valence-corrected chi connectivity index (χ2v) is 8.70. The number of carbonyl (C=O) groups excluding carboxylic acids is 1. The lowest BCUT2D eigenvalue weighted by molar-refractivity contribution is 0.0696. The lowest BCUT2D eigenvalue weighted by atomic mass is 10.1. The molecule has 0 bridgehead atoms. The Hall–Kier alpha value is -5.13. The first kappa shape index (κ1) is 31.4. The molecule has 4 N–H and O–H groups in total. The maximum absolute atomic E-state index is 13.1. The van der Waals surface area contributed by atoms with Crippen molar-refractivity contribution in [1.29, 1.82) is 0 Å². The lowest BCUT2D eigenvalue weighted by Gasteiger charge is -2.13. The van der Waals surface area contributed by atoms with Crippen molar-refractivity contribution >= 4 is 47.1 Å². The van der Waals surface area contributed by atoms with E-state index in [1.807, 2.05) is 35.0 Å². The second kappa shape index (κ2) is 14.0. The molecule has 3 aromatic carbocycles. The Labute approximate surface area is 248 Å². The van der Waals surface area contributed by atoms with E-state index in [0.717, 1.165) is 18.4 Å². The number of rotatable bonds is 8. The standard InChI is InChI=1S/C29H25N5O5.CH4O.ClH/c1-17-13-20(29(36)37)7-9-22(17)33-28(35)19-6-4-5-18(14-19)23-16-34-12-11-30-27(34)26(32-23)31-21-8-10-24(38-2)25(15-21)39-3;1-2;/h4-16H,1-3H3,(H,31,32)(H,33,35)(H,36,37);2H,1H3;1H. The predicted octanol–water partition coefficient (Wildman–Crippen LogP) is 5.45. The number of amides is 1. The predicted molar refractivity (Wildman–Crippen MR) is 163 cm³/mol. The second-order valence-electron chi connectivity index (χ2n) is 8.70. The molecule has 0 aliphatic carbocycles. The zero-order valence-electron chi connectivity index (χ0n) is 23.3. The molecule has 5 aromatic rings. The SMILES string of the molecule is CO.COc1ccc(Nc2nc(-c3cccc(C(=O)Nc4ccc(C(=O)O)cc4C)c3)cn3ccnc23)cc1OC.Cl. The van der Waals surface area contributed by atoms with Crippen LogP contribution in [-0.4, -0.2) is 57.8 Å². The number of carbonyl (C=O) groups is 2. The van der Waals surface area contributed by atoms with Gasteiger partial charge >= 0.3 is 5.97 Å². The number of aromatic nitrogens is 3. The first-order valence-electron chi connectivity index (χ1n) is 12.4. The average molecular weight is 592 g/mol. The molecule has 5 rings (SSSR count). The summed E-state index contributed by atoms with van der Waals surface area (Å²) >= 11 is 0. The first-order chi connectivity index (χ1) is 19.9. The molecule has 12 heteroatoms. The highest BCUT2D eigenvalue weighted by atomic mass is 35.5. The Kier molecular flexibility index (Phi) is 10.4. The summed E-state index contributed by atoms with van der Waals surface area (Å²) in [5.41, 5.74) is 4.49. The Bertz CT molecular complexity index is 1720. The van der Waals surface area contributed by atoms with Crippen LogP contribution in [0, 0.1) is 6.92 Å². The van der Waals surface area contributed by atoms with Crippen molar-refractivity contribution in [3.63, 3.8) is 0 Å². The number of hydrogen-bond acceptors (Lipinski definition) is 8. The van der Waals surface area contributed by atoms with Gasteiger partial charge in [0.15, 0.2) is 23.0 Å². The monoisotopic (exact) mass is 591 g/mol. The number of hydrogen-bond donors (Lipinski definition) is 4. The summed E-state index contributed by atoms with van der Waals surface area (Å²) in [4.78, 5) is 33.5. The number of benzene rings is 3. The first-order valence-corrected chi connectivity index (χ1v) is 12.4. The normalized spacial score (nSPS) is 10.1. The smallest absolute Gasteiger partial charge is 0.335 e. The van der Waals surface area contributed by atoms with Gasteiger partial charge < -0.3 is 34.7 Å². The summed E-state index contributed by atoms with van der Waals surface area (Å²) < 4.78 is 12.6. The van der Waals surface area contributed by atoms with Gasteiger partial charge in [0.2, 0.25) is 0 Å². The number of aromatic carboxylic acids is 1. The Balaban J connectivity index is 0.00000158. The van der Waals surface area contributed by atoms with Crippen molar-refractivity contribution in [1.82, 2.24) is 14.4 Å². The number of halogens is 1. The number of aryl methyl sites for hydroxylation is 1. The largest absolute Gasteiger partial charge is 0.493 e. The fourth-order valence-electron chi connectivity index (χ4n) is 4.16. The van der Waals surface area contributed by atoms with Crippen LogP contribution in [0.15, 0.2) is 79.3 Å². The molecule has 0 saturated carbocycles. The van der Waals surface area contributed by atoms with Crippen molar-refractivity contribution in [2.45, 2.75) is 6.92 Å². The fraction of sp³-hybridized carbons (Fsp3) is 0.133.